The lowest BCUT2D eigenvalue weighted by Gasteiger charge is -2.31. The van der Waals surface area contributed by atoms with Crippen LogP contribution in [0.25, 0.3) is 11.0 Å². The number of fused-ring (bicyclic) bond motifs is 1. The molecule has 0 atom stereocenters. The van der Waals surface area contributed by atoms with E-state index in [0.29, 0.717) is 51.8 Å². The molecule has 4 aromatic rings. The molecule has 5 rings (SSSR count). The molecule has 1 aliphatic rings. The number of aryl methyl sites for hydroxylation is 2. The minimum atomic E-state index is -0.489. The number of hydrogen-bond acceptors (Lipinski definition) is 11. The molecule has 41 heavy (non-hydrogen) atoms. The fraction of sp³-hybridized carbons (Fsp3) is 0.393. The largest absolute Gasteiger partial charge is 0.465 e. The Bertz CT molecular complexity index is 1600. The molecule has 5 heterocycles. The normalized spacial score (nSPS) is 14.7. The lowest BCUT2D eigenvalue weighted by Crippen LogP contribution is -2.43. The Balaban J connectivity index is 1.29. The molecule has 0 aromatic carbocycles. The van der Waals surface area contributed by atoms with Crippen LogP contribution in [0.4, 0.5) is 23.1 Å². The van der Waals surface area contributed by atoms with Crippen molar-refractivity contribution in [2.45, 2.75) is 39.2 Å². The van der Waals surface area contributed by atoms with Gasteiger partial charge < -0.3 is 20.7 Å². The van der Waals surface area contributed by atoms with Crippen LogP contribution in [0.3, 0.4) is 0 Å². The van der Waals surface area contributed by atoms with Crippen LogP contribution in [0.1, 0.15) is 53.1 Å². The number of nitrogens with zero attached hydrogens (tertiary/aromatic N) is 7. The van der Waals surface area contributed by atoms with Gasteiger partial charge in [0.1, 0.15) is 0 Å². The molecule has 0 saturated carbocycles. The maximum absolute atomic E-state index is 12.9. The molecule has 3 N–H and O–H groups in total. The summed E-state index contributed by atoms with van der Waals surface area (Å²) in [5, 5.41) is 14.6. The maximum Gasteiger partial charge on any atom is 0.339 e. The van der Waals surface area contributed by atoms with Crippen LogP contribution >= 0.6 is 0 Å². The van der Waals surface area contributed by atoms with Crippen molar-refractivity contribution in [1.82, 2.24) is 39.9 Å². The van der Waals surface area contributed by atoms with E-state index in [1.165, 1.54) is 26.1 Å². The summed E-state index contributed by atoms with van der Waals surface area (Å²) in [5.41, 5.74) is 3.43. The summed E-state index contributed by atoms with van der Waals surface area (Å²) in [4.78, 5) is 44.6. The number of pyridine rings is 2. The molecule has 214 valence electrons. The smallest absolute Gasteiger partial charge is 0.339 e. The number of amides is 1. The van der Waals surface area contributed by atoms with E-state index < -0.39 is 5.97 Å². The van der Waals surface area contributed by atoms with E-state index in [1.807, 2.05) is 6.92 Å². The van der Waals surface area contributed by atoms with E-state index in [1.54, 1.807) is 42.5 Å². The summed E-state index contributed by atoms with van der Waals surface area (Å²) in [6, 6.07) is 3.38. The van der Waals surface area contributed by atoms with Gasteiger partial charge in [-0.1, -0.05) is 0 Å². The zero-order valence-corrected chi connectivity index (χ0v) is 23.9. The third-order valence-electron chi connectivity index (χ3n) is 7.34. The molecule has 13 nitrogen and oxygen atoms in total. The highest BCUT2D eigenvalue weighted by Crippen LogP contribution is 2.28. The van der Waals surface area contributed by atoms with Crippen LogP contribution in [0.5, 0.6) is 0 Å². The van der Waals surface area contributed by atoms with Crippen molar-refractivity contribution in [1.29, 1.82) is 0 Å². The monoisotopic (exact) mass is 558 g/mol. The Labute approximate surface area is 237 Å². The van der Waals surface area contributed by atoms with Crippen LogP contribution in [-0.2, 0) is 11.8 Å². The summed E-state index contributed by atoms with van der Waals surface area (Å²) in [7, 11) is 3.09. The fourth-order valence-electron chi connectivity index (χ4n) is 4.95. The number of methoxy groups -OCH3 is 1. The van der Waals surface area contributed by atoms with Crippen molar-refractivity contribution in [2.24, 2.45) is 7.05 Å². The second-order valence-corrected chi connectivity index (χ2v) is 10.6. The zero-order valence-electron chi connectivity index (χ0n) is 23.9. The Morgan fingerprint density at radius 2 is 1.90 bits per heavy atom. The molecule has 4 aromatic heterocycles. The van der Waals surface area contributed by atoms with E-state index >= 15 is 0 Å². The lowest BCUT2D eigenvalue weighted by atomic mass is 10.0. The number of nitrogens with one attached hydrogen (secondary N) is 3. The van der Waals surface area contributed by atoms with Crippen molar-refractivity contribution in [2.75, 3.05) is 37.4 Å². The Hall–Kier alpha value is -4.65. The summed E-state index contributed by atoms with van der Waals surface area (Å²) in [6.45, 7) is 8.79. The number of anilines is 4. The number of carbonyl (C=O) groups is 2. The van der Waals surface area contributed by atoms with Crippen molar-refractivity contribution in [3.05, 3.63) is 53.7 Å². The average Bonchev–Trinajstić information content (AvgIpc) is 3.46. The quantitative estimate of drug-likeness (QED) is 0.259. The molecule has 13 heteroatoms. The second-order valence-electron chi connectivity index (χ2n) is 10.6. The minimum absolute atomic E-state index is 0.173. The van der Waals surface area contributed by atoms with Gasteiger partial charge in [-0.15, -0.1) is 0 Å². The van der Waals surface area contributed by atoms with Crippen LogP contribution < -0.4 is 16.0 Å². The fourth-order valence-corrected chi connectivity index (χ4v) is 4.95. The molecule has 1 fully saturated rings. The standard InChI is InChI=1S/C28H34N10O3/c1-17-22(12-18(14-31-17)25(39)30-8-10-38-9-6-7-28(38,2)3)34-23-21-16-32-27(35-24(21)37(4)36-23)33-20-11-19(13-29-15-20)26(40)41-5/h11-16H,6-10H2,1-5H3,(H,30,39)(H,34,36)(H,32,33,35). The first kappa shape index (κ1) is 27.9. The van der Waals surface area contributed by atoms with E-state index in [0.717, 1.165) is 18.8 Å². The molecule has 0 spiro atoms. The van der Waals surface area contributed by atoms with Crippen molar-refractivity contribution in [3.63, 3.8) is 0 Å². The third-order valence-corrected chi connectivity index (χ3v) is 7.34. The highest BCUT2D eigenvalue weighted by Gasteiger charge is 2.31. The van der Waals surface area contributed by atoms with Crippen LogP contribution in [0.2, 0.25) is 0 Å². The van der Waals surface area contributed by atoms with E-state index in [-0.39, 0.29) is 11.4 Å². The molecule has 0 bridgehead atoms. The highest BCUT2D eigenvalue weighted by molar-refractivity contribution is 5.96. The first-order valence-electron chi connectivity index (χ1n) is 13.4. The number of rotatable bonds is 9. The van der Waals surface area contributed by atoms with Crippen LogP contribution in [-0.4, -0.2) is 78.8 Å². The van der Waals surface area contributed by atoms with Gasteiger partial charge in [0.15, 0.2) is 11.5 Å². The van der Waals surface area contributed by atoms with E-state index in [9.17, 15) is 9.59 Å². The first-order valence-corrected chi connectivity index (χ1v) is 13.4. The summed E-state index contributed by atoms with van der Waals surface area (Å²) in [6.07, 6.45) is 8.57. The highest BCUT2D eigenvalue weighted by atomic mass is 16.5. The van der Waals surface area contributed by atoms with Gasteiger partial charge in [-0.25, -0.2) is 14.5 Å². The third kappa shape index (κ3) is 6.09. The predicted octanol–water partition coefficient (Wildman–Crippen LogP) is 3.34. The van der Waals surface area contributed by atoms with Crippen molar-refractivity contribution in [3.8, 4) is 0 Å². The van der Waals surface area contributed by atoms with Gasteiger partial charge >= 0.3 is 5.97 Å². The van der Waals surface area contributed by atoms with Crippen molar-refractivity contribution >= 4 is 46.1 Å². The number of hydrogen-bond donors (Lipinski definition) is 3. The molecular weight excluding hydrogens is 524 g/mol. The molecule has 1 amide bonds. The molecule has 0 radical (unpaired) electrons. The Morgan fingerprint density at radius 1 is 1.07 bits per heavy atom. The molecule has 0 aliphatic carbocycles. The summed E-state index contributed by atoms with van der Waals surface area (Å²) < 4.78 is 6.39. The van der Waals surface area contributed by atoms with Gasteiger partial charge in [-0.3, -0.25) is 19.7 Å². The molecule has 0 unspecified atom stereocenters. The number of esters is 1. The first-order chi connectivity index (χ1) is 19.6. The van der Waals surface area contributed by atoms with Crippen LogP contribution in [0.15, 0.2) is 36.9 Å². The maximum atomic E-state index is 12.9. The molecule has 1 aliphatic heterocycles. The van der Waals surface area contributed by atoms with Gasteiger partial charge in [0.2, 0.25) is 5.95 Å². The van der Waals surface area contributed by atoms with Crippen LogP contribution in [0, 0.1) is 6.92 Å². The van der Waals surface area contributed by atoms with Gasteiger partial charge in [0, 0.05) is 44.3 Å². The number of likely N-dealkylation sites (tertiary alicyclic amines) is 1. The number of carbonyl (C=O) groups excluding carboxylic acids is 2. The van der Waals surface area contributed by atoms with E-state index in [4.69, 9.17) is 4.74 Å². The zero-order chi connectivity index (χ0) is 29.1. The lowest BCUT2D eigenvalue weighted by molar-refractivity contribution is 0.0600. The summed E-state index contributed by atoms with van der Waals surface area (Å²) in [5.74, 6) is 0.178. The molecular formula is C28H34N10O3. The SMILES string of the molecule is COC(=O)c1cncc(Nc2ncc3c(Nc4cc(C(=O)NCCN5CCCC5(C)C)cnc4C)nn(C)c3n2)c1. The average molecular weight is 559 g/mol. The van der Waals surface area contributed by atoms with Crippen molar-refractivity contribution < 1.29 is 14.3 Å². The Kier molecular flexibility index (Phi) is 7.79. The van der Waals surface area contributed by atoms with E-state index in [2.05, 4.69) is 59.7 Å². The predicted molar refractivity (Wildman–Crippen MR) is 155 cm³/mol. The molecule has 1 saturated heterocycles. The number of ether oxygens (including phenoxy) is 1. The second kappa shape index (κ2) is 11.5. The summed E-state index contributed by atoms with van der Waals surface area (Å²) >= 11 is 0. The van der Waals surface area contributed by atoms with Gasteiger partial charge in [0.25, 0.3) is 5.91 Å². The minimum Gasteiger partial charge on any atom is -0.465 e. The number of aromatic nitrogens is 6. The Morgan fingerprint density at radius 3 is 2.66 bits per heavy atom. The topological polar surface area (TPSA) is 152 Å². The van der Waals surface area contributed by atoms with Gasteiger partial charge in [0.05, 0.1) is 46.9 Å². The van der Waals surface area contributed by atoms with Gasteiger partial charge in [-0.2, -0.15) is 10.1 Å². The van der Waals surface area contributed by atoms with Gasteiger partial charge in [-0.05, 0) is 52.3 Å².